The van der Waals surface area contributed by atoms with Gasteiger partial charge in [0.1, 0.15) is 0 Å². The third kappa shape index (κ3) is 8.20. The molecule has 5 nitrogen and oxygen atoms in total. The molecule has 3 N–H and O–H groups in total. The van der Waals surface area contributed by atoms with Crippen LogP contribution in [0.3, 0.4) is 0 Å². The van der Waals surface area contributed by atoms with Gasteiger partial charge < -0.3 is 0 Å². The Hall–Kier alpha value is 2.29. The fourth-order valence-electron chi connectivity index (χ4n) is 0.0447. The van der Waals surface area contributed by atoms with Gasteiger partial charge in [0.15, 0.2) is 0 Å². The number of hydrogen-bond donors (Lipinski definition) is 3. The average Bonchev–Trinajstić information content (AvgIpc) is 1.73. The average molecular weight is 385 g/mol. The van der Waals surface area contributed by atoms with Crippen molar-refractivity contribution >= 4 is 52.8 Å². The van der Waals surface area contributed by atoms with E-state index in [0.29, 0.717) is 0 Å². The molecule has 9 heavy (non-hydrogen) atoms. The third-order valence-corrected chi connectivity index (χ3v) is 0.824. The molecule has 0 amide bonds. The zero-order chi connectivity index (χ0) is 4.86. The normalized spacial score (nSPS) is 28.6. The molecule has 53 valence electrons. The minimum absolute atomic E-state index is 0. The van der Waals surface area contributed by atoms with Crippen molar-refractivity contribution in [3.05, 3.63) is 0 Å². The molecule has 0 atom stereocenters. The van der Waals surface area contributed by atoms with Gasteiger partial charge in [-0.3, -0.25) is 0 Å². The van der Waals surface area contributed by atoms with E-state index in [1.165, 1.54) is 0 Å². The summed E-state index contributed by atoms with van der Waals surface area (Å²) in [6, 6.07) is 0. The summed E-state index contributed by atoms with van der Waals surface area (Å²) < 4.78 is 6.76. The Kier molecular flexibility index (Phi) is 8.41. The summed E-state index contributed by atoms with van der Waals surface area (Å²) in [5.74, 6) is 0. The summed E-state index contributed by atoms with van der Waals surface area (Å²) in [6.07, 6.45) is 0. The van der Waals surface area contributed by atoms with E-state index >= 15 is 0 Å². The SMILES string of the molecule is OP1(O)(O)OO1.[BiH3].[LiH].[V]. The van der Waals surface area contributed by atoms with Gasteiger partial charge in [0, 0.05) is 18.6 Å². The summed E-state index contributed by atoms with van der Waals surface area (Å²) in [4.78, 5) is 23.7. The Morgan fingerprint density at radius 2 is 1.11 bits per heavy atom. The summed E-state index contributed by atoms with van der Waals surface area (Å²) in [6.45, 7) is 0. The molecule has 0 aliphatic carbocycles. The zero-order valence-electron chi connectivity index (χ0n) is 3.76. The van der Waals surface area contributed by atoms with Crippen LogP contribution >= 0.6 is 7.74 Å². The van der Waals surface area contributed by atoms with E-state index in [4.69, 9.17) is 14.7 Å². The van der Waals surface area contributed by atoms with Crippen LogP contribution in [0.2, 0.25) is 0 Å². The first-order chi connectivity index (χ1) is 2.47. The zero-order valence-corrected chi connectivity index (χ0v) is 11.5. The maximum absolute atomic E-state index is 7.89. The maximum Gasteiger partial charge on any atom is 0 e. The summed E-state index contributed by atoms with van der Waals surface area (Å²) in [5, 5.41) is 0. The molecule has 1 aliphatic rings. The molecule has 9 heteroatoms. The largest absolute Gasteiger partial charge is 0 e. The first kappa shape index (κ1) is 17.4. The quantitative estimate of drug-likeness (QED) is 0.182. The monoisotopic (exact) mass is 385 g/mol. The van der Waals surface area contributed by atoms with Crippen molar-refractivity contribution < 1.29 is 42.6 Å². The minimum atomic E-state index is -4.80. The Labute approximate surface area is 94.6 Å². The second-order valence-electron chi connectivity index (χ2n) is 0.982. The van der Waals surface area contributed by atoms with Gasteiger partial charge in [0.05, 0.1) is 0 Å². The van der Waals surface area contributed by atoms with Crippen molar-refractivity contribution in [2.24, 2.45) is 0 Å². The molecule has 1 aliphatic heterocycles. The Balaban J connectivity index is -0.000000120. The summed E-state index contributed by atoms with van der Waals surface area (Å²) in [7, 11) is -4.80. The van der Waals surface area contributed by atoms with E-state index in [0.717, 1.165) is 0 Å². The van der Waals surface area contributed by atoms with Crippen LogP contribution in [-0.2, 0) is 27.9 Å². The number of hydrogen-bond acceptors (Lipinski definition) is 5. The second kappa shape index (κ2) is 4.35. The van der Waals surface area contributed by atoms with Gasteiger partial charge in [0.25, 0.3) is 0 Å². The van der Waals surface area contributed by atoms with Crippen molar-refractivity contribution in [1.82, 2.24) is 0 Å². The molecule has 1 radical (unpaired) electrons. The molecule has 0 bridgehead atoms. The fraction of sp³-hybridized carbons (Fsp3) is 0. The molecule has 1 heterocycles. The predicted molar refractivity (Wildman–Crippen MR) is 32.8 cm³/mol. The van der Waals surface area contributed by atoms with Gasteiger partial charge in [-0.1, -0.05) is 0 Å². The van der Waals surface area contributed by atoms with Gasteiger partial charge in [0.2, 0.25) is 0 Å². The van der Waals surface area contributed by atoms with E-state index in [-0.39, 0.29) is 63.6 Å². The van der Waals surface area contributed by atoms with Crippen LogP contribution in [0, 0.1) is 0 Å². The van der Waals surface area contributed by atoms with Gasteiger partial charge in [-0.2, -0.15) is 0 Å². The Morgan fingerprint density at radius 1 is 1.00 bits per heavy atom. The molecule has 1 fully saturated rings. The van der Waals surface area contributed by atoms with E-state index in [1.807, 2.05) is 0 Å². The standard InChI is InChI=1S/Bi.Li.H3O5P.V.4H/c;;1-6(2,3)4-5-6;;;;;/h;;1-3H;;;;;. The van der Waals surface area contributed by atoms with Crippen molar-refractivity contribution in [2.45, 2.75) is 0 Å². The first-order valence-corrected chi connectivity index (χ1v) is 3.06. The van der Waals surface area contributed by atoms with Crippen LogP contribution in [-0.4, -0.2) is 59.7 Å². The van der Waals surface area contributed by atoms with Gasteiger partial charge >= 0.3 is 76.8 Å². The van der Waals surface area contributed by atoms with Crippen LogP contribution in [0.15, 0.2) is 0 Å². The molecule has 0 aromatic carbocycles. The number of rotatable bonds is 0. The summed E-state index contributed by atoms with van der Waals surface area (Å²) >= 11 is 0. The van der Waals surface area contributed by atoms with E-state index in [1.54, 1.807) is 0 Å². The molecule has 0 aromatic rings. The topological polar surface area (TPSA) is 85.8 Å². The van der Waals surface area contributed by atoms with Crippen LogP contribution in [0.5, 0.6) is 0 Å². The molecular weight excluding hydrogens is 378 g/mol. The Morgan fingerprint density at radius 3 is 1.11 bits per heavy atom. The van der Waals surface area contributed by atoms with Gasteiger partial charge in [-0.15, -0.1) is 0 Å². The van der Waals surface area contributed by atoms with Gasteiger partial charge in [-0.25, -0.2) is 0 Å². The van der Waals surface area contributed by atoms with Crippen molar-refractivity contribution in [1.29, 1.82) is 0 Å². The smallest absolute Gasteiger partial charge is 0 e. The minimum Gasteiger partial charge on any atom is 0 e. The van der Waals surface area contributed by atoms with Crippen LogP contribution in [0.4, 0.5) is 0 Å². The van der Waals surface area contributed by atoms with Crippen LogP contribution in [0.1, 0.15) is 0 Å². The van der Waals surface area contributed by atoms with E-state index in [2.05, 4.69) is 9.35 Å². The van der Waals surface area contributed by atoms with E-state index in [9.17, 15) is 0 Å². The molecule has 1 rings (SSSR count). The second-order valence-corrected chi connectivity index (χ2v) is 2.95. The predicted octanol–water partition coefficient (Wildman–Crippen LogP) is -2.78. The molecule has 0 aromatic heterocycles. The Bertz CT molecular complexity index is 80.7. The molecular formula is H7BiLiO5PV. The fourth-order valence-corrected chi connectivity index (χ4v) is 0.402. The maximum atomic E-state index is 7.89. The summed E-state index contributed by atoms with van der Waals surface area (Å²) in [5.41, 5.74) is 0. The molecule has 0 unspecified atom stereocenters. The first-order valence-electron chi connectivity index (χ1n) is 1.13. The van der Waals surface area contributed by atoms with Crippen molar-refractivity contribution in [3.8, 4) is 0 Å². The molecule has 0 spiro atoms. The van der Waals surface area contributed by atoms with Crippen molar-refractivity contribution in [3.63, 3.8) is 0 Å². The third-order valence-electron chi connectivity index (χ3n) is 0.275. The van der Waals surface area contributed by atoms with Crippen molar-refractivity contribution in [2.75, 3.05) is 0 Å². The van der Waals surface area contributed by atoms with Crippen LogP contribution < -0.4 is 0 Å². The van der Waals surface area contributed by atoms with E-state index < -0.39 is 7.74 Å². The molecule has 0 saturated carbocycles. The molecule has 1 saturated heterocycles. The van der Waals surface area contributed by atoms with Gasteiger partial charge in [-0.05, 0) is 0 Å². The van der Waals surface area contributed by atoms with Crippen LogP contribution in [0.25, 0.3) is 0 Å².